The maximum absolute atomic E-state index is 12.7. The van der Waals surface area contributed by atoms with Crippen molar-refractivity contribution in [1.29, 1.82) is 0 Å². The van der Waals surface area contributed by atoms with E-state index in [9.17, 15) is 14.4 Å². The summed E-state index contributed by atoms with van der Waals surface area (Å²) in [7, 11) is 0. The van der Waals surface area contributed by atoms with Gasteiger partial charge in [0.2, 0.25) is 17.7 Å². The van der Waals surface area contributed by atoms with Gasteiger partial charge in [-0.25, -0.2) is 0 Å². The van der Waals surface area contributed by atoms with Crippen LogP contribution in [-0.4, -0.2) is 59.7 Å². The number of amides is 3. The monoisotopic (exact) mass is 377 g/mol. The molecule has 7 heteroatoms. The molecule has 0 N–H and O–H groups in total. The predicted molar refractivity (Wildman–Crippen MR) is 100 cm³/mol. The summed E-state index contributed by atoms with van der Waals surface area (Å²) in [6.07, 6.45) is 3.33. The molecule has 0 aliphatic carbocycles. The van der Waals surface area contributed by atoms with Crippen LogP contribution in [0.4, 0.5) is 5.69 Å². The Morgan fingerprint density at radius 1 is 1.15 bits per heavy atom. The van der Waals surface area contributed by atoms with Gasteiger partial charge in [0.1, 0.15) is 6.54 Å². The number of halogens is 1. The molecule has 0 spiro atoms. The number of carbonyl (C=O) groups excluding carboxylic acids is 3. The van der Waals surface area contributed by atoms with Crippen LogP contribution in [0.15, 0.2) is 24.3 Å². The number of likely N-dealkylation sites (tertiary alicyclic amines) is 1. The minimum absolute atomic E-state index is 0.00720. The lowest BCUT2D eigenvalue weighted by molar-refractivity contribution is -0.144. The molecule has 3 amide bonds. The number of anilines is 1. The van der Waals surface area contributed by atoms with Gasteiger partial charge < -0.3 is 14.7 Å². The fraction of sp³-hybridized carbons (Fsp3) is 0.526. The summed E-state index contributed by atoms with van der Waals surface area (Å²) in [6, 6.07) is 7.07. The van der Waals surface area contributed by atoms with Crippen LogP contribution in [0.3, 0.4) is 0 Å². The van der Waals surface area contributed by atoms with Crippen LogP contribution < -0.4 is 4.90 Å². The van der Waals surface area contributed by atoms with Crippen molar-refractivity contribution < 1.29 is 14.4 Å². The molecule has 1 aromatic carbocycles. The highest BCUT2D eigenvalue weighted by molar-refractivity contribution is 6.33. The molecule has 0 bridgehead atoms. The normalized spacial score (nSPS) is 21.8. The van der Waals surface area contributed by atoms with Crippen LogP contribution in [-0.2, 0) is 14.4 Å². The van der Waals surface area contributed by atoms with Crippen LogP contribution in [0.1, 0.15) is 32.6 Å². The summed E-state index contributed by atoms with van der Waals surface area (Å²) in [4.78, 5) is 42.3. The minimum Gasteiger partial charge on any atom is -0.333 e. The summed E-state index contributed by atoms with van der Waals surface area (Å²) in [5.41, 5.74) is 0.667. The third-order valence-corrected chi connectivity index (χ3v) is 5.37. The van der Waals surface area contributed by atoms with Gasteiger partial charge in [0, 0.05) is 25.6 Å². The highest BCUT2D eigenvalue weighted by Gasteiger charge is 2.34. The molecule has 1 unspecified atom stereocenters. The first-order chi connectivity index (χ1) is 12.5. The second-order valence-electron chi connectivity index (χ2n) is 6.95. The number of rotatable bonds is 3. The number of hydrogen-bond donors (Lipinski definition) is 0. The maximum atomic E-state index is 12.7. The molecule has 0 radical (unpaired) electrons. The third kappa shape index (κ3) is 4.01. The fourth-order valence-electron chi connectivity index (χ4n) is 3.55. The largest absolute Gasteiger partial charge is 0.333 e. The highest BCUT2D eigenvalue weighted by atomic mass is 35.5. The number of para-hydroxylation sites is 1. The van der Waals surface area contributed by atoms with E-state index in [1.165, 1.54) is 0 Å². The number of hydrogen-bond acceptors (Lipinski definition) is 3. The molecular formula is C19H24ClN3O3. The van der Waals surface area contributed by atoms with Crippen molar-refractivity contribution in [2.75, 3.05) is 31.1 Å². The number of piperazine rings is 1. The second-order valence-corrected chi connectivity index (χ2v) is 7.36. The molecule has 26 heavy (non-hydrogen) atoms. The van der Waals surface area contributed by atoms with Gasteiger partial charge in [0.15, 0.2) is 0 Å². The first kappa shape index (κ1) is 18.7. The van der Waals surface area contributed by atoms with E-state index in [0.29, 0.717) is 30.2 Å². The lowest BCUT2D eigenvalue weighted by Gasteiger charge is -2.40. The zero-order chi connectivity index (χ0) is 18.7. The zero-order valence-corrected chi connectivity index (χ0v) is 15.7. The van der Waals surface area contributed by atoms with Crippen molar-refractivity contribution >= 4 is 35.0 Å². The van der Waals surface area contributed by atoms with Crippen molar-refractivity contribution in [3.05, 3.63) is 29.3 Å². The van der Waals surface area contributed by atoms with E-state index in [2.05, 4.69) is 0 Å². The SMILES string of the molecule is CC1CN(c2ccccc2Cl)C(=O)CN1C(=O)CN1CCCCCC1=O. The van der Waals surface area contributed by atoms with Crippen molar-refractivity contribution in [2.45, 2.75) is 38.6 Å². The summed E-state index contributed by atoms with van der Waals surface area (Å²) < 4.78 is 0. The van der Waals surface area contributed by atoms with Gasteiger partial charge in [0.25, 0.3) is 0 Å². The van der Waals surface area contributed by atoms with Crippen LogP contribution in [0.5, 0.6) is 0 Å². The summed E-state index contributed by atoms with van der Waals surface area (Å²) in [6.45, 7) is 2.99. The van der Waals surface area contributed by atoms with Gasteiger partial charge in [-0.05, 0) is 31.9 Å². The quantitative estimate of drug-likeness (QED) is 0.812. The summed E-state index contributed by atoms with van der Waals surface area (Å²) in [5, 5.41) is 0.517. The van der Waals surface area contributed by atoms with Gasteiger partial charge >= 0.3 is 0 Å². The van der Waals surface area contributed by atoms with Gasteiger partial charge in [0.05, 0.1) is 17.3 Å². The standard InChI is InChI=1S/C19H24ClN3O3/c1-14-11-23(16-8-5-4-7-15(16)20)19(26)13-22(14)18(25)12-21-10-6-2-3-9-17(21)24/h4-5,7-8,14H,2-3,6,9-13H2,1H3. The number of benzene rings is 1. The molecule has 2 saturated heterocycles. The Hall–Kier alpha value is -2.08. The molecule has 1 aromatic rings. The molecule has 6 nitrogen and oxygen atoms in total. The Kier molecular flexibility index (Phi) is 5.81. The summed E-state index contributed by atoms with van der Waals surface area (Å²) >= 11 is 6.21. The van der Waals surface area contributed by atoms with Gasteiger partial charge in [-0.15, -0.1) is 0 Å². The minimum atomic E-state index is -0.167. The molecule has 2 heterocycles. The fourth-order valence-corrected chi connectivity index (χ4v) is 3.79. The van der Waals surface area contributed by atoms with Gasteiger partial charge in [-0.2, -0.15) is 0 Å². The Balaban J connectivity index is 1.67. The zero-order valence-electron chi connectivity index (χ0n) is 15.0. The summed E-state index contributed by atoms with van der Waals surface area (Å²) in [5.74, 6) is -0.295. The third-order valence-electron chi connectivity index (χ3n) is 5.05. The Bertz CT molecular complexity index is 709. The molecule has 2 fully saturated rings. The number of nitrogens with zero attached hydrogens (tertiary/aromatic N) is 3. The van der Waals surface area contributed by atoms with E-state index in [4.69, 9.17) is 11.6 Å². The topological polar surface area (TPSA) is 60.9 Å². The molecule has 3 rings (SSSR count). The van der Waals surface area contributed by atoms with Crippen molar-refractivity contribution in [1.82, 2.24) is 9.80 Å². The first-order valence-corrected chi connectivity index (χ1v) is 9.47. The van der Waals surface area contributed by atoms with Crippen LogP contribution in [0.25, 0.3) is 0 Å². The molecule has 1 atom stereocenters. The molecule has 0 saturated carbocycles. The van der Waals surface area contributed by atoms with E-state index in [-0.39, 0.29) is 36.9 Å². The van der Waals surface area contributed by atoms with Crippen molar-refractivity contribution in [3.63, 3.8) is 0 Å². The lowest BCUT2D eigenvalue weighted by atomic mass is 10.1. The first-order valence-electron chi connectivity index (χ1n) is 9.09. The molecule has 2 aliphatic rings. The predicted octanol–water partition coefficient (Wildman–Crippen LogP) is 2.31. The van der Waals surface area contributed by atoms with E-state index in [1.807, 2.05) is 19.1 Å². The van der Waals surface area contributed by atoms with Crippen molar-refractivity contribution in [3.8, 4) is 0 Å². The van der Waals surface area contributed by atoms with E-state index in [1.54, 1.807) is 26.8 Å². The average molecular weight is 378 g/mol. The average Bonchev–Trinajstić information content (AvgIpc) is 2.82. The number of carbonyl (C=O) groups is 3. The van der Waals surface area contributed by atoms with E-state index >= 15 is 0 Å². The van der Waals surface area contributed by atoms with Gasteiger partial charge in [-0.1, -0.05) is 30.2 Å². The second kappa shape index (κ2) is 8.08. The Morgan fingerprint density at radius 3 is 2.69 bits per heavy atom. The molecule has 140 valence electrons. The van der Waals surface area contributed by atoms with Gasteiger partial charge in [-0.3, -0.25) is 14.4 Å². The lowest BCUT2D eigenvalue weighted by Crippen LogP contribution is -2.59. The Labute approximate surface area is 158 Å². The van der Waals surface area contributed by atoms with E-state index in [0.717, 1.165) is 19.3 Å². The molecule has 2 aliphatic heterocycles. The Morgan fingerprint density at radius 2 is 1.92 bits per heavy atom. The smallest absolute Gasteiger partial charge is 0.246 e. The van der Waals surface area contributed by atoms with Crippen LogP contribution in [0.2, 0.25) is 5.02 Å². The van der Waals surface area contributed by atoms with E-state index < -0.39 is 0 Å². The van der Waals surface area contributed by atoms with Crippen LogP contribution in [0, 0.1) is 0 Å². The maximum Gasteiger partial charge on any atom is 0.246 e. The highest BCUT2D eigenvalue weighted by Crippen LogP contribution is 2.28. The molecule has 0 aromatic heterocycles. The van der Waals surface area contributed by atoms with Crippen LogP contribution >= 0.6 is 11.6 Å². The van der Waals surface area contributed by atoms with Crippen molar-refractivity contribution in [2.24, 2.45) is 0 Å². The molecular weight excluding hydrogens is 354 g/mol.